The molecule has 0 bridgehead atoms. The van der Waals surface area contributed by atoms with Crippen LogP contribution in [-0.4, -0.2) is 29.7 Å². The zero-order chi connectivity index (χ0) is 10.0. The van der Waals surface area contributed by atoms with Crippen molar-refractivity contribution in [2.75, 3.05) is 0 Å². The van der Waals surface area contributed by atoms with Gasteiger partial charge in [0.15, 0.2) is 0 Å². The van der Waals surface area contributed by atoms with E-state index >= 15 is 0 Å². The predicted molar refractivity (Wildman–Crippen MR) is 52.7 cm³/mol. The number of hydrogen-bond acceptors (Lipinski definition) is 6. The Labute approximate surface area is 83.4 Å². The van der Waals surface area contributed by atoms with Gasteiger partial charge in [-0.1, -0.05) is 19.7 Å². The van der Waals surface area contributed by atoms with Gasteiger partial charge in [0.25, 0.3) is 0 Å². The molecule has 0 aliphatic carbocycles. The van der Waals surface area contributed by atoms with Crippen LogP contribution in [0.25, 0.3) is 0 Å². The van der Waals surface area contributed by atoms with Gasteiger partial charge in [-0.3, -0.25) is 4.72 Å². The molecule has 1 fully saturated rings. The lowest BCUT2D eigenvalue weighted by Gasteiger charge is -2.24. The first kappa shape index (κ1) is 11.2. The zero-order valence-corrected chi connectivity index (χ0v) is 8.45. The topological polar surface area (TPSA) is 96.8 Å². The van der Waals surface area contributed by atoms with Crippen molar-refractivity contribution in [2.24, 2.45) is 17.4 Å². The van der Waals surface area contributed by atoms with Crippen LogP contribution in [-0.2, 0) is 4.74 Å². The van der Waals surface area contributed by atoms with Gasteiger partial charge >= 0.3 is 0 Å². The Hall–Kier alpha value is 0.150. The van der Waals surface area contributed by atoms with E-state index in [9.17, 15) is 5.11 Å². The quantitative estimate of drug-likeness (QED) is 0.221. The standard InChI is InChI=1S/C7H17N3O2S/c1-3(2-4-7(9)12-4)5(10-13)6(8)11/h3-7,10-11,13H,2,8-9H2,1H3. The fourth-order valence-electron chi connectivity index (χ4n) is 1.40. The lowest BCUT2D eigenvalue weighted by atomic mass is 9.96. The van der Waals surface area contributed by atoms with Crippen molar-refractivity contribution in [1.29, 1.82) is 0 Å². The number of aliphatic hydroxyl groups is 1. The van der Waals surface area contributed by atoms with Crippen LogP contribution in [0.5, 0.6) is 0 Å². The van der Waals surface area contributed by atoms with E-state index in [0.717, 1.165) is 6.42 Å². The second kappa shape index (κ2) is 4.59. The van der Waals surface area contributed by atoms with Crippen LogP contribution in [0.4, 0.5) is 0 Å². The van der Waals surface area contributed by atoms with E-state index in [2.05, 4.69) is 17.5 Å². The van der Waals surface area contributed by atoms with E-state index in [1.54, 1.807) is 0 Å². The minimum atomic E-state index is -0.914. The first-order valence-electron chi connectivity index (χ1n) is 4.30. The highest BCUT2D eigenvalue weighted by Gasteiger charge is 2.38. The van der Waals surface area contributed by atoms with Gasteiger partial charge in [0.1, 0.15) is 12.5 Å². The van der Waals surface area contributed by atoms with Gasteiger partial charge in [0.2, 0.25) is 0 Å². The summed E-state index contributed by atoms with van der Waals surface area (Å²) in [5.41, 5.74) is 10.8. The number of aliphatic hydroxyl groups excluding tert-OH is 1. The molecule has 5 nitrogen and oxygen atoms in total. The zero-order valence-electron chi connectivity index (χ0n) is 7.55. The summed E-state index contributed by atoms with van der Waals surface area (Å²) in [4.78, 5) is 0. The summed E-state index contributed by atoms with van der Waals surface area (Å²) in [5.74, 6) is 0.177. The van der Waals surface area contributed by atoms with E-state index in [1.807, 2.05) is 6.92 Å². The summed E-state index contributed by atoms with van der Waals surface area (Å²) in [6.07, 6.45) is -0.161. The molecule has 0 aromatic heterocycles. The molecule has 78 valence electrons. The fraction of sp³-hybridized carbons (Fsp3) is 1.00. The van der Waals surface area contributed by atoms with Gasteiger partial charge in [-0.05, 0) is 12.3 Å². The highest BCUT2D eigenvalue weighted by atomic mass is 32.1. The number of ether oxygens (including phenoxy) is 1. The molecule has 1 rings (SSSR count). The van der Waals surface area contributed by atoms with Crippen molar-refractivity contribution in [1.82, 2.24) is 4.72 Å². The number of rotatable bonds is 5. The van der Waals surface area contributed by atoms with E-state index in [1.165, 1.54) is 0 Å². The smallest absolute Gasteiger partial charge is 0.132 e. The van der Waals surface area contributed by atoms with Gasteiger partial charge in [0.05, 0.1) is 12.1 Å². The molecular weight excluding hydrogens is 190 g/mol. The van der Waals surface area contributed by atoms with E-state index < -0.39 is 6.23 Å². The van der Waals surface area contributed by atoms with Gasteiger partial charge < -0.3 is 21.3 Å². The average Bonchev–Trinajstić information content (AvgIpc) is 2.66. The minimum absolute atomic E-state index is 0.109. The second-order valence-electron chi connectivity index (χ2n) is 3.50. The van der Waals surface area contributed by atoms with Gasteiger partial charge in [-0.2, -0.15) is 0 Å². The summed E-state index contributed by atoms with van der Waals surface area (Å²) in [5, 5.41) is 9.18. The molecule has 0 radical (unpaired) electrons. The molecule has 1 saturated heterocycles. The first-order chi connectivity index (χ1) is 6.06. The van der Waals surface area contributed by atoms with Crippen molar-refractivity contribution < 1.29 is 9.84 Å². The number of thiol groups is 1. The third-order valence-electron chi connectivity index (χ3n) is 2.36. The number of nitrogens with one attached hydrogen (secondary N) is 1. The molecule has 1 aliphatic rings. The van der Waals surface area contributed by atoms with Crippen molar-refractivity contribution >= 4 is 12.8 Å². The minimum Gasteiger partial charge on any atom is -0.377 e. The van der Waals surface area contributed by atoms with Crippen LogP contribution in [0.3, 0.4) is 0 Å². The monoisotopic (exact) mass is 207 g/mol. The van der Waals surface area contributed by atoms with Crippen LogP contribution in [0.1, 0.15) is 13.3 Å². The fourth-order valence-corrected chi connectivity index (χ4v) is 1.81. The van der Waals surface area contributed by atoms with E-state index in [0.29, 0.717) is 0 Å². The largest absolute Gasteiger partial charge is 0.377 e. The van der Waals surface area contributed by atoms with Crippen LogP contribution in [0, 0.1) is 5.92 Å². The third kappa shape index (κ3) is 3.08. The average molecular weight is 207 g/mol. The number of nitrogens with two attached hydrogens (primary N) is 2. The maximum Gasteiger partial charge on any atom is 0.132 e. The summed E-state index contributed by atoms with van der Waals surface area (Å²) in [7, 11) is 0. The molecule has 5 atom stereocenters. The molecule has 0 saturated carbocycles. The summed E-state index contributed by atoms with van der Waals surface area (Å²) in [6, 6.07) is -0.236. The van der Waals surface area contributed by atoms with Crippen molar-refractivity contribution in [3.63, 3.8) is 0 Å². The molecule has 6 heteroatoms. The predicted octanol–water partition coefficient (Wildman–Crippen LogP) is -1.22. The lowest BCUT2D eigenvalue weighted by Crippen LogP contribution is -2.46. The van der Waals surface area contributed by atoms with E-state index in [-0.39, 0.29) is 24.3 Å². The van der Waals surface area contributed by atoms with Crippen molar-refractivity contribution in [3.8, 4) is 0 Å². The summed E-state index contributed by atoms with van der Waals surface area (Å²) in [6.45, 7) is 1.97. The maximum absolute atomic E-state index is 9.18. The second-order valence-corrected chi connectivity index (χ2v) is 3.76. The maximum atomic E-state index is 9.18. The molecule has 0 amide bonds. The van der Waals surface area contributed by atoms with Crippen LogP contribution >= 0.6 is 12.8 Å². The first-order valence-corrected chi connectivity index (χ1v) is 4.75. The molecule has 0 aromatic rings. The van der Waals surface area contributed by atoms with Crippen LogP contribution in [0.2, 0.25) is 0 Å². The molecule has 6 N–H and O–H groups in total. The van der Waals surface area contributed by atoms with Crippen molar-refractivity contribution in [2.45, 2.75) is 37.9 Å². The Bertz CT molecular complexity index is 170. The number of hydrogen-bond donors (Lipinski definition) is 5. The number of epoxide rings is 1. The molecule has 5 unspecified atom stereocenters. The summed E-state index contributed by atoms with van der Waals surface area (Å²) >= 11 is 3.90. The Balaban J connectivity index is 2.31. The summed E-state index contributed by atoms with van der Waals surface area (Å²) < 4.78 is 7.74. The van der Waals surface area contributed by atoms with Gasteiger partial charge in [0, 0.05) is 0 Å². The Kier molecular flexibility index (Phi) is 3.96. The lowest BCUT2D eigenvalue weighted by molar-refractivity contribution is 0.115. The van der Waals surface area contributed by atoms with Gasteiger partial charge in [-0.25, -0.2) is 0 Å². The highest BCUT2D eigenvalue weighted by molar-refractivity contribution is 7.78. The van der Waals surface area contributed by atoms with Crippen molar-refractivity contribution in [3.05, 3.63) is 0 Å². The molecule has 0 spiro atoms. The molecule has 1 aliphatic heterocycles. The normalized spacial score (nSPS) is 33.9. The Morgan fingerprint density at radius 1 is 1.69 bits per heavy atom. The van der Waals surface area contributed by atoms with E-state index in [4.69, 9.17) is 16.2 Å². The third-order valence-corrected chi connectivity index (χ3v) is 2.65. The van der Waals surface area contributed by atoms with Gasteiger partial charge in [-0.15, -0.1) is 0 Å². The molecule has 13 heavy (non-hydrogen) atoms. The molecule has 1 heterocycles. The highest BCUT2D eigenvalue weighted by Crippen LogP contribution is 2.26. The van der Waals surface area contributed by atoms with Crippen LogP contribution < -0.4 is 16.2 Å². The SMILES string of the molecule is CC(CC1OC1N)C(NS)C(N)O. The Morgan fingerprint density at radius 2 is 2.23 bits per heavy atom. The van der Waals surface area contributed by atoms with Crippen LogP contribution in [0.15, 0.2) is 0 Å². The molecular formula is C7H17N3O2S. The molecule has 0 aromatic carbocycles. The Morgan fingerprint density at radius 3 is 2.54 bits per heavy atom.